The van der Waals surface area contributed by atoms with Crippen molar-refractivity contribution < 1.29 is 9.53 Å². The molecule has 0 aromatic heterocycles. The summed E-state index contributed by atoms with van der Waals surface area (Å²) >= 11 is 0. The zero-order valence-electron chi connectivity index (χ0n) is 14.5. The van der Waals surface area contributed by atoms with Gasteiger partial charge in [-0.3, -0.25) is 9.69 Å². The maximum atomic E-state index is 11.3. The lowest BCUT2D eigenvalue weighted by atomic mass is 9.62. The Bertz CT molecular complexity index is 366. The number of likely N-dealkylation sites (tertiary alicyclic amines) is 1. The Balaban J connectivity index is 1.99. The SMILES string of the molecule is CCC(=O)OCCC1CCCC2C1C(C)CC(C)(C)N2C. The predicted molar refractivity (Wildman–Crippen MR) is 86.1 cm³/mol. The Morgan fingerprint density at radius 1 is 1.33 bits per heavy atom. The van der Waals surface area contributed by atoms with Gasteiger partial charge in [0, 0.05) is 18.0 Å². The zero-order valence-corrected chi connectivity index (χ0v) is 14.5. The zero-order chi connectivity index (χ0) is 15.6. The first kappa shape index (κ1) is 16.8. The molecule has 2 fully saturated rings. The molecule has 1 aliphatic carbocycles. The Hall–Kier alpha value is -0.570. The van der Waals surface area contributed by atoms with Crippen molar-refractivity contribution in [1.29, 1.82) is 0 Å². The summed E-state index contributed by atoms with van der Waals surface area (Å²) in [6, 6.07) is 0.712. The van der Waals surface area contributed by atoms with Gasteiger partial charge in [0.15, 0.2) is 0 Å². The third-order valence-corrected chi connectivity index (χ3v) is 6.03. The number of fused-ring (bicyclic) bond motifs is 1. The van der Waals surface area contributed by atoms with Crippen molar-refractivity contribution in [1.82, 2.24) is 4.90 Å². The number of ether oxygens (including phenoxy) is 1. The minimum Gasteiger partial charge on any atom is -0.466 e. The molecule has 0 aromatic rings. The molecular weight excluding hydrogens is 262 g/mol. The van der Waals surface area contributed by atoms with Gasteiger partial charge in [0.1, 0.15) is 0 Å². The molecule has 122 valence electrons. The van der Waals surface area contributed by atoms with Crippen molar-refractivity contribution in [3.63, 3.8) is 0 Å². The first-order chi connectivity index (χ1) is 9.86. The van der Waals surface area contributed by atoms with Gasteiger partial charge in [-0.15, -0.1) is 0 Å². The van der Waals surface area contributed by atoms with Gasteiger partial charge in [0.2, 0.25) is 0 Å². The van der Waals surface area contributed by atoms with E-state index in [1.165, 1.54) is 25.7 Å². The Kier molecular flexibility index (Phi) is 5.34. The van der Waals surface area contributed by atoms with E-state index in [0.717, 1.165) is 24.2 Å². The topological polar surface area (TPSA) is 29.5 Å². The average molecular weight is 295 g/mol. The fourth-order valence-corrected chi connectivity index (χ4v) is 4.86. The number of esters is 1. The van der Waals surface area contributed by atoms with Gasteiger partial charge in [-0.25, -0.2) is 0 Å². The molecule has 1 saturated carbocycles. The summed E-state index contributed by atoms with van der Waals surface area (Å²) in [7, 11) is 2.31. The molecule has 0 spiro atoms. The van der Waals surface area contributed by atoms with Crippen LogP contribution in [0.3, 0.4) is 0 Å². The first-order valence-corrected chi connectivity index (χ1v) is 8.75. The van der Waals surface area contributed by atoms with Crippen molar-refractivity contribution >= 4 is 5.97 Å². The van der Waals surface area contributed by atoms with E-state index in [-0.39, 0.29) is 5.97 Å². The molecule has 0 N–H and O–H groups in total. The van der Waals surface area contributed by atoms with Crippen molar-refractivity contribution in [3.05, 3.63) is 0 Å². The number of piperidine rings is 1. The van der Waals surface area contributed by atoms with Crippen LogP contribution in [0.2, 0.25) is 0 Å². The van der Waals surface area contributed by atoms with Crippen LogP contribution in [-0.2, 0) is 9.53 Å². The van der Waals surface area contributed by atoms with E-state index in [1.807, 2.05) is 6.92 Å². The van der Waals surface area contributed by atoms with Gasteiger partial charge < -0.3 is 4.74 Å². The van der Waals surface area contributed by atoms with E-state index in [4.69, 9.17) is 4.74 Å². The van der Waals surface area contributed by atoms with Gasteiger partial charge in [-0.1, -0.05) is 20.3 Å². The number of carbonyl (C=O) groups excluding carboxylic acids is 1. The second-order valence-corrected chi connectivity index (χ2v) is 7.80. The van der Waals surface area contributed by atoms with Gasteiger partial charge in [0.25, 0.3) is 0 Å². The van der Waals surface area contributed by atoms with Crippen LogP contribution in [-0.4, -0.2) is 36.1 Å². The maximum Gasteiger partial charge on any atom is 0.305 e. The van der Waals surface area contributed by atoms with Crippen molar-refractivity contribution in [2.45, 2.75) is 77.8 Å². The third kappa shape index (κ3) is 3.61. The summed E-state index contributed by atoms with van der Waals surface area (Å²) in [6.45, 7) is 9.67. The molecule has 4 atom stereocenters. The highest BCUT2D eigenvalue weighted by atomic mass is 16.5. The highest BCUT2D eigenvalue weighted by Crippen LogP contribution is 2.47. The molecule has 2 aliphatic rings. The molecule has 0 radical (unpaired) electrons. The van der Waals surface area contributed by atoms with Crippen LogP contribution in [0.25, 0.3) is 0 Å². The van der Waals surface area contributed by atoms with E-state index < -0.39 is 0 Å². The van der Waals surface area contributed by atoms with Gasteiger partial charge in [-0.2, -0.15) is 0 Å². The second kappa shape index (κ2) is 6.68. The quantitative estimate of drug-likeness (QED) is 0.738. The van der Waals surface area contributed by atoms with Crippen LogP contribution in [0.1, 0.15) is 66.2 Å². The van der Waals surface area contributed by atoms with Crippen molar-refractivity contribution in [2.24, 2.45) is 17.8 Å². The third-order valence-electron chi connectivity index (χ3n) is 6.03. The summed E-state index contributed by atoms with van der Waals surface area (Å²) in [5.74, 6) is 2.21. The molecule has 0 bridgehead atoms. The number of hydrogen-bond donors (Lipinski definition) is 0. The van der Waals surface area contributed by atoms with E-state index in [0.29, 0.717) is 24.6 Å². The number of hydrogen-bond acceptors (Lipinski definition) is 3. The lowest BCUT2D eigenvalue weighted by Gasteiger charge is -2.56. The molecule has 1 heterocycles. The predicted octanol–water partition coefficient (Wildman–Crippen LogP) is 3.86. The molecule has 0 aromatic carbocycles. The summed E-state index contributed by atoms with van der Waals surface area (Å²) < 4.78 is 5.32. The number of carbonyl (C=O) groups is 1. The number of rotatable bonds is 4. The summed E-state index contributed by atoms with van der Waals surface area (Å²) in [5.41, 5.74) is 0.317. The smallest absolute Gasteiger partial charge is 0.305 e. The molecule has 3 nitrogen and oxygen atoms in total. The Morgan fingerprint density at radius 2 is 2.05 bits per heavy atom. The van der Waals surface area contributed by atoms with Crippen LogP contribution >= 0.6 is 0 Å². The van der Waals surface area contributed by atoms with Crippen molar-refractivity contribution in [3.8, 4) is 0 Å². The summed E-state index contributed by atoms with van der Waals surface area (Å²) in [5, 5.41) is 0. The van der Waals surface area contributed by atoms with Crippen LogP contribution < -0.4 is 0 Å². The highest BCUT2D eigenvalue weighted by Gasteiger charge is 2.47. The van der Waals surface area contributed by atoms with Crippen molar-refractivity contribution in [2.75, 3.05) is 13.7 Å². The molecule has 4 unspecified atom stereocenters. The molecule has 3 heteroatoms. The first-order valence-electron chi connectivity index (χ1n) is 8.75. The van der Waals surface area contributed by atoms with E-state index in [1.54, 1.807) is 0 Å². The molecule has 1 saturated heterocycles. The largest absolute Gasteiger partial charge is 0.466 e. The van der Waals surface area contributed by atoms with E-state index in [9.17, 15) is 4.79 Å². The molecule has 1 aliphatic heterocycles. The van der Waals surface area contributed by atoms with Gasteiger partial charge in [-0.05, 0) is 64.3 Å². The van der Waals surface area contributed by atoms with Gasteiger partial charge in [0.05, 0.1) is 6.61 Å². The lowest BCUT2D eigenvalue weighted by molar-refractivity contribution is -0.144. The minimum absolute atomic E-state index is 0.0581. The number of nitrogens with zero attached hydrogens (tertiary/aromatic N) is 1. The van der Waals surface area contributed by atoms with Crippen LogP contribution in [0.4, 0.5) is 0 Å². The molecular formula is C18H33NO2. The fraction of sp³-hybridized carbons (Fsp3) is 0.944. The molecule has 2 rings (SSSR count). The average Bonchev–Trinajstić information content (AvgIpc) is 2.44. The normalized spacial score (nSPS) is 36.0. The monoisotopic (exact) mass is 295 g/mol. The molecule has 0 amide bonds. The standard InChI is InChI=1S/C18H33NO2/c1-6-16(20)21-11-10-14-8-7-9-15-17(14)13(2)12-18(3,4)19(15)5/h13-15,17H,6-12H2,1-5H3. The van der Waals surface area contributed by atoms with Crippen LogP contribution in [0, 0.1) is 17.8 Å². The fourth-order valence-electron chi connectivity index (χ4n) is 4.86. The minimum atomic E-state index is -0.0581. The maximum absolute atomic E-state index is 11.3. The summed E-state index contributed by atoms with van der Waals surface area (Å²) in [6.07, 6.45) is 6.77. The molecule has 21 heavy (non-hydrogen) atoms. The van der Waals surface area contributed by atoms with Gasteiger partial charge >= 0.3 is 5.97 Å². The van der Waals surface area contributed by atoms with E-state index >= 15 is 0 Å². The second-order valence-electron chi connectivity index (χ2n) is 7.80. The van der Waals surface area contributed by atoms with E-state index in [2.05, 4.69) is 32.7 Å². The summed E-state index contributed by atoms with van der Waals surface area (Å²) in [4.78, 5) is 13.9. The van der Waals surface area contributed by atoms with Crippen LogP contribution in [0.15, 0.2) is 0 Å². The Morgan fingerprint density at radius 3 is 2.71 bits per heavy atom. The Labute approximate surface area is 130 Å². The highest BCUT2D eigenvalue weighted by molar-refractivity contribution is 5.68. The van der Waals surface area contributed by atoms with Crippen LogP contribution in [0.5, 0.6) is 0 Å². The lowest BCUT2D eigenvalue weighted by Crippen LogP contribution is -2.59.